The Kier molecular flexibility index (Phi) is 46.9. The Morgan fingerprint density at radius 2 is 0.639 bits per heavy atom. The van der Waals surface area contributed by atoms with Crippen LogP contribution in [-0.4, -0.2) is 37.2 Å². The van der Waals surface area contributed by atoms with Gasteiger partial charge in [-0.05, 0) is 89.9 Å². The van der Waals surface area contributed by atoms with Crippen molar-refractivity contribution in [1.29, 1.82) is 0 Å². The molecular weight excluding hydrogens is 757 g/mol. The first-order valence-electron chi connectivity index (χ1n) is 25.4. The number of unbranched alkanes of at least 4 members (excludes halogenated alkanes) is 22. The van der Waals surface area contributed by atoms with Crippen molar-refractivity contribution >= 4 is 17.9 Å². The third kappa shape index (κ3) is 47.7. The van der Waals surface area contributed by atoms with E-state index in [1.165, 1.54) is 89.9 Å². The minimum absolute atomic E-state index is 0.0953. The smallest absolute Gasteiger partial charge is 0.306 e. The predicted molar refractivity (Wildman–Crippen MR) is 261 cm³/mol. The Morgan fingerprint density at radius 1 is 0.344 bits per heavy atom. The number of rotatable bonds is 45. The fraction of sp³-hybridized carbons (Fsp3) is 0.727. The fourth-order valence-corrected chi connectivity index (χ4v) is 6.87. The Labute approximate surface area is 376 Å². The average molecular weight is 851 g/mol. The Bertz CT molecular complexity index is 1160. The summed E-state index contributed by atoms with van der Waals surface area (Å²) in [6.07, 6.45) is 61.7. The van der Waals surface area contributed by atoms with Gasteiger partial charge in [0.05, 0.1) is 0 Å². The molecule has 0 fully saturated rings. The van der Waals surface area contributed by atoms with Gasteiger partial charge in [-0.1, -0.05) is 203 Å². The van der Waals surface area contributed by atoms with Crippen LogP contribution in [0.1, 0.15) is 239 Å². The molecule has 0 saturated carbocycles. The summed E-state index contributed by atoms with van der Waals surface area (Å²) in [6.45, 7) is 6.45. The lowest BCUT2D eigenvalue weighted by Gasteiger charge is -2.18. The van der Waals surface area contributed by atoms with Crippen LogP contribution in [0, 0.1) is 0 Å². The second-order valence-electron chi connectivity index (χ2n) is 16.7. The third-order valence-corrected chi connectivity index (χ3v) is 10.7. The maximum Gasteiger partial charge on any atom is 0.306 e. The average Bonchev–Trinajstić information content (AvgIpc) is 3.26. The van der Waals surface area contributed by atoms with Gasteiger partial charge in [-0.15, -0.1) is 0 Å². The fourth-order valence-electron chi connectivity index (χ4n) is 6.87. The van der Waals surface area contributed by atoms with Gasteiger partial charge in [0.1, 0.15) is 13.2 Å². The molecule has 0 saturated heterocycles. The number of hydrogen-bond donors (Lipinski definition) is 0. The topological polar surface area (TPSA) is 78.9 Å². The molecule has 0 aromatic heterocycles. The molecule has 1 atom stereocenters. The summed E-state index contributed by atoms with van der Waals surface area (Å²) >= 11 is 0. The van der Waals surface area contributed by atoms with Crippen LogP contribution in [0.15, 0.2) is 72.9 Å². The zero-order valence-corrected chi connectivity index (χ0v) is 39.9. The van der Waals surface area contributed by atoms with Crippen LogP contribution in [0.25, 0.3) is 0 Å². The first-order chi connectivity index (χ1) is 30.0. The molecule has 6 nitrogen and oxygen atoms in total. The number of ether oxygens (including phenoxy) is 3. The van der Waals surface area contributed by atoms with Crippen LogP contribution >= 0.6 is 0 Å². The summed E-state index contributed by atoms with van der Waals surface area (Å²) in [5, 5.41) is 0. The van der Waals surface area contributed by atoms with Gasteiger partial charge in [-0.3, -0.25) is 14.4 Å². The van der Waals surface area contributed by atoms with Gasteiger partial charge in [0, 0.05) is 19.3 Å². The summed E-state index contributed by atoms with van der Waals surface area (Å²) in [4.78, 5) is 37.9. The van der Waals surface area contributed by atoms with Crippen molar-refractivity contribution in [2.45, 2.75) is 245 Å². The summed E-state index contributed by atoms with van der Waals surface area (Å²) in [5.41, 5.74) is 0. The summed E-state index contributed by atoms with van der Waals surface area (Å²) in [6, 6.07) is 0. The first kappa shape index (κ1) is 57.9. The van der Waals surface area contributed by atoms with Gasteiger partial charge in [0.25, 0.3) is 0 Å². The molecule has 0 N–H and O–H groups in total. The molecule has 0 aromatic rings. The van der Waals surface area contributed by atoms with E-state index in [9.17, 15) is 14.4 Å². The molecule has 350 valence electrons. The van der Waals surface area contributed by atoms with Crippen molar-refractivity contribution in [1.82, 2.24) is 0 Å². The number of allylic oxidation sites excluding steroid dienone is 12. The third-order valence-electron chi connectivity index (χ3n) is 10.7. The highest BCUT2D eigenvalue weighted by atomic mass is 16.6. The lowest BCUT2D eigenvalue weighted by molar-refractivity contribution is -0.167. The van der Waals surface area contributed by atoms with Crippen LogP contribution in [0.2, 0.25) is 0 Å². The normalized spacial score (nSPS) is 12.6. The van der Waals surface area contributed by atoms with Gasteiger partial charge < -0.3 is 14.2 Å². The summed E-state index contributed by atoms with van der Waals surface area (Å²) < 4.78 is 16.7. The molecule has 0 heterocycles. The molecule has 0 aromatic carbocycles. The molecule has 0 spiro atoms. The molecule has 0 aliphatic carbocycles. The zero-order valence-electron chi connectivity index (χ0n) is 39.9. The molecule has 0 aliphatic rings. The molecule has 0 aliphatic heterocycles. The summed E-state index contributed by atoms with van der Waals surface area (Å²) in [5.74, 6) is -0.950. The maximum absolute atomic E-state index is 12.8. The molecule has 0 rings (SSSR count). The van der Waals surface area contributed by atoms with E-state index in [-0.39, 0.29) is 37.5 Å². The van der Waals surface area contributed by atoms with Crippen LogP contribution in [0.5, 0.6) is 0 Å². The van der Waals surface area contributed by atoms with Gasteiger partial charge >= 0.3 is 17.9 Å². The van der Waals surface area contributed by atoms with Crippen LogP contribution in [0.3, 0.4) is 0 Å². The van der Waals surface area contributed by atoms with Crippen LogP contribution in [-0.2, 0) is 28.6 Å². The Morgan fingerprint density at radius 3 is 1.07 bits per heavy atom. The minimum Gasteiger partial charge on any atom is -0.462 e. The van der Waals surface area contributed by atoms with Gasteiger partial charge in [0.15, 0.2) is 6.10 Å². The van der Waals surface area contributed by atoms with E-state index < -0.39 is 6.10 Å². The van der Waals surface area contributed by atoms with Crippen molar-refractivity contribution in [3.63, 3.8) is 0 Å². The molecule has 61 heavy (non-hydrogen) atoms. The van der Waals surface area contributed by atoms with Crippen molar-refractivity contribution in [3.8, 4) is 0 Å². The number of esters is 3. The van der Waals surface area contributed by atoms with E-state index in [1.807, 2.05) is 0 Å². The maximum atomic E-state index is 12.8. The van der Waals surface area contributed by atoms with Crippen LogP contribution in [0.4, 0.5) is 0 Å². The van der Waals surface area contributed by atoms with Crippen molar-refractivity contribution < 1.29 is 28.6 Å². The van der Waals surface area contributed by atoms with Crippen LogP contribution < -0.4 is 0 Å². The van der Waals surface area contributed by atoms with E-state index in [4.69, 9.17) is 14.2 Å². The molecule has 0 bridgehead atoms. The quantitative estimate of drug-likeness (QED) is 0.0263. The minimum atomic E-state index is -0.800. The van der Waals surface area contributed by atoms with E-state index in [2.05, 4.69) is 93.7 Å². The molecule has 0 radical (unpaired) electrons. The second-order valence-corrected chi connectivity index (χ2v) is 16.7. The largest absolute Gasteiger partial charge is 0.462 e. The van der Waals surface area contributed by atoms with E-state index >= 15 is 0 Å². The number of carbonyl (C=O) groups is 3. The zero-order chi connectivity index (χ0) is 44.4. The highest BCUT2D eigenvalue weighted by Crippen LogP contribution is 2.14. The lowest BCUT2D eigenvalue weighted by atomic mass is 10.0. The van der Waals surface area contributed by atoms with E-state index in [0.717, 1.165) is 103 Å². The Hall–Kier alpha value is -3.15. The molecule has 0 amide bonds. The highest BCUT2D eigenvalue weighted by molar-refractivity contribution is 5.71. The van der Waals surface area contributed by atoms with Gasteiger partial charge in [-0.2, -0.15) is 0 Å². The van der Waals surface area contributed by atoms with Gasteiger partial charge in [-0.25, -0.2) is 0 Å². The first-order valence-corrected chi connectivity index (χ1v) is 25.4. The SMILES string of the molecule is CC/C=C\C/C=C\C/C=C\C/C=C\CCCCC(=O)O[C@H](COC(=O)CCCCCCC/C=C\C/C=C\CCCCC)COC(=O)CCCCCCCCCCCCCCC. The Balaban J connectivity index is 4.47. The second kappa shape index (κ2) is 49.5. The lowest BCUT2D eigenvalue weighted by Crippen LogP contribution is -2.30. The van der Waals surface area contributed by atoms with Crippen molar-refractivity contribution in [2.75, 3.05) is 13.2 Å². The van der Waals surface area contributed by atoms with E-state index in [0.29, 0.717) is 19.3 Å². The van der Waals surface area contributed by atoms with Crippen molar-refractivity contribution in [2.24, 2.45) is 0 Å². The van der Waals surface area contributed by atoms with Crippen molar-refractivity contribution in [3.05, 3.63) is 72.9 Å². The molecule has 6 heteroatoms. The molecule has 0 unspecified atom stereocenters. The number of hydrogen-bond acceptors (Lipinski definition) is 6. The highest BCUT2D eigenvalue weighted by Gasteiger charge is 2.19. The van der Waals surface area contributed by atoms with Gasteiger partial charge in [0.2, 0.25) is 0 Å². The standard InChI is InChI=1S/C55H94O6/c1-4-7-10-13-16-19-22-25-27-30-33-36-39-42-45-48-54(57)60-51-52(50-59-53(56)47-44-41-38-35-32-29-24-21-18-15-12-9-6-3)61-55(58)49-46-43-40-37-34-31-28-26-23-20-17-14-11-8-5-2/h8,11,16-17,19-20,25-28,34,37,52H,4-7,9-10,12-15,18,21-24,29-33,35-36,38-51H2,1-3H3/b11-8-,19-16-,20-17-,27-25-,28-26-,37-34-/t52-/m0/s1. The monoisotopic (exact) mass is 851 g/mol. The molecular formula is C55H94O6. The number of carbonyl (C=O) groups excluding carboxylic acids is 3. The van der Waals surface area contributed by atoms with E-state index in [1.54, 1.807) is 0 Å². The summed E-state index contributed by atoms with van der Waals surface area (Å²) in [7, 11) is 0. The predicted octanol–water partition coefficient (Wildman–Crippen LogP) is 16.6.